The number of rotatable bonds is 2. The number of alkyl halides is 1. The van der Waals surface area contributed by atoms with E-state index < -0.39 is 17.6 Å². The zero-order valence-electron chi connectivity index (χ0n) is 3.69. The lowest BCUT2D eigenvalue weighted by Gasteiger charge is -1.85. The Labute approximate surface area is 55.7 Å². The summed E-state index contributed by atoms with van der Waals surface area (Å²) in [7, 11) is 0. The molecule has 0 aromatic carbocycles. The minimum atomic E-state index is -1.12. The first-order valence-corrected chi connectivity index (χ1v) is 2.48. The van der Waals surface area contributed by atoms with Gasteiger partial charge in [0.1, 0.15) is 11.9 Å². The van der Waals surface area contributed by atoms with Crippen LogP contribution in [0.4, 0.5) is 0 Å². The molecule has 0 aromatic rings. The van der Waals surface area contributed by atoms with Gasteiger partial charge in [0.05, 0.1) is 5.88 Å². The quantitative estimate of drug-likeness (QED) is 0.432. The Morgan fingerprint density at radius 1 is 1.50 bits per heavy atom. The van der Waals surface area contributed by atoms with Crippen molar-refractivity contribution in [3.8, 4) is 0 Å². The van der Waals surface area contributed by atoms with E-state index in [1.54, 1.807) is 0 Å². The third-order valence-electron chi connectivity index (χ3n) is 0.419. The van der Waals surface area contributed by atoms with E-state index in [1.165, 1.54) is 0 Å². The lowest BCUT2D eigenvalue weighted by molar-refractivity contribution is -0.145. The minimum absolute atomic E-state index is 0.397. The van der Waals surface area contributed by atoms with E-state index >= 15 is 0 Å². The molecule has 0 fully saturated rings. The van der Waals surface area contributed by atoms with Crippen molar-refractivity contribution >= 4 is 35.2 Å². The van der Waals surface area contributed by atoms with Gasteiger partial charge in [-0.3, -0.25) is 4.79 Å². The molecule has 0 N–H and O–H groups in total. The van der Waals surface area contributed by atoms with Gasteiger partial charge in [0.2, 0.25) is 0 Å². The predicted octanol–water partition coefficient (Wildman–Crippen LogP) is 0.491. The minimum Gasteiger partial charge on any atom is -0.341 e. The number of hydrogen-bond donors (Lipinski definition) is 0. The van der Waals surface area contributed by atoms with Gasteiger partial charge >= 0.3 is 5.97 Å². The molecule has 3 nitrogen and oxygen atoms in total. The second kappa shape index (κ2) is 3.69. The van der Waals surface area contributed by atoms with Crippen molar-refractivity contribution in [1.29, 1.82) is 0 Å². The molecule has 0 atom stereocenters. The molecule has 0 saturated heterocycles. The average molecular weight is 157 g/mol. The Hall–Kier alpha value is -0.280. The SMILES string of the molecule is O=C(CCl)C(=O)OCl. The summed E-state index contributed by atoms with van der Waals surface area (Å²) >= 11 is 9.41. The molecular formula is C3H2Cl2O3. The fraction of sp³-hybridized carbons (Fsp3) is 0.333. The van der Waals surface area contributed by atoms with Crippen LogP contribution in [-0.4, -0.2) is 17.6 Å². The smallest absolute Gasteiger partial charge is 0.341 e. The topological polar surface area (TPSA) is 43.4 Å². The normalized spacial score (nSPS) is 8.25. The van der Waals surface area contributed by atoms with E-state index in [1.807, 2.05) is 0 Å². The third-order valence-corrected chi connectivity index (χ3v) is 0.802. The van der Waals surface area contributed by atoms with Gasteiger partial charge in [0.15, 0.2) is 0 Å². The Kier molecular flexibility index (Phi) is 3.56. The number of hydrogen-bond acceptors (Lipinski definition) is 3. The Morgan fingerprint density at radius 3 is 2.12 bits per heavy atom. The first kappa shape index (κ1) is 7.72. The maximum Gasteiger partial charge on any atom is 0.393 e. The average Bonchev–Trinajstić information content (AvgIpc) is 1.84. The van der Waals surface area contributed by atoms with Crippen molar-refractivity contribution in [3.05, 3.63) is 0 Å². The Bertz CT molecular complexity index is 97.1. The zero-order valence-corrected chi connectivity index (χ0v) is 5.20. The highest BCUT2D eigenvalue weighted by Crippen LogP contribution is 1.86. The molecule has 0 amide bonds. The maximum absolute atomic E-state index is 10.1. The fourth-order valence-corrected chi connectivity index (χ4v) is 0.293. The molecule has 0 bridgehead atoms. The van der Waals surface area contributed by atoms with E-state index in [-0.39, 0.29) is 0 Å². The van der Waals surface area contributed by atoms with Crippen LogP contribution in [0.1, 0.15) is 0 Å². The molecule has 0 aliphatic carbocycles. The molecule has 5 heteroatoms. The number of carbonyl (C=O) groups excluding carboxylic acids is 2. The summed E-state index contributed by atoms with van der Waals surface area (Å²) in [5.41, 5.74) is 0. The predicted molar refractivity (Wildman–Crippen MR) is 27.7 cm³/mol. The molecule has 46 valence electrons. The van der Waals surface area contributed by atoms with Gasteiger partial charge in [-0.2, -0.15) is 0 Å². The van der Waals surface area contributed by atoms with E-state index in [0.29, 0.717) is 0 Å². The number of carbonyl (C=O) groups is 2. The standard InChI is InChI=1S/C3H2Cl2O3/c4-1-2(6)3(7)8-5/h1H2. The van der Waals surface area contributed by atoms with Crippen LogP contribution in [0.25, 0.3) is 0 Å². The summed E-state index contributed by atoms with van der Waals surface area (Å²) in [6.45, 7) is 0. The lowest BCUT2D eigenvalue weighted by atomic mass is 10.5. The van der Waals surface area contributed by atoms with Gasteiger partial charge in [0.25, 0.3) is 5.78 Å². The zero-order chi connectivity index (χ0) is 6.57. The van der Waals surface area contributed by atoms with Crippen molar-refractivity contribution < 1.29 is 13.9 Å². The first-order valence-electron chi connectivity index (χ1n) is 1.64. The maximum atomic E-state index is 10.1. The lowest BCUT2D eigenvalue weighted by Crippen LogP contribution is -2.14. The van der Waals surface area contributed by atoms with Crippen molar-refractivity contribution in [2.75, 3.05) is 5.88 Å². The molecule has 0 aromatic heterocycles. The summed E-state index contributed by atoms with van der Waals surface area (Å²) in [6, 6.07) is 0. The third kappa shape index (κ3) is 2.14. The van der Waals surface area contributed by atoms with E-state index in [2.05, 4.69) is 16.2 Å². The van der Waals surface area contributed by atoms with Crippen molar-refractivity contribution in [3.63, 3.8) is 0 Å². The van der Waals surface area contributed by atoms with Gasteiger partial charge in [-0.25, -0.2) is 4.79 Å². The molecule has 0 aliphatic heterocycles. The van der Waals surface area contributed by atoms with E-state index in [0.717, 1.165) is 0 Å². The number of Topliss-reactive ketones (excluding diaryl/α,β-unsaturated/α-hetero) is 1. The van der Waals surface area contributed by atoms with Crippen molar-refractivity contribution in [1.82, 2.24) is 0 Å². The molecule has 0 saturated carbocycles. The van der Waals surface area contributed by atoms with E-state index in [9.17, 15) is 9.59 Å². The Morgan fingerprint density at radius 2 is 2.00 bits per heavy atom. The van der Waals surface area contributed by atoms with Crippen LogP contribution in [0.3, 0.4) is 0 Å². The Balaban J connectivity index is 3.64. The molecule has 8 heavy (non-hydrogen) atoms. The van der Waals surface area contributed by atoms with Crippen LogP contribution in [0.2, 0.25) is 0 Å². The number of halogens is 2. The van der Waals surface area contributed by atoms with Crippen LogP contribution in [-0.2, 0) is 13.9 Å². The summed E-state index contributed by atoms with van der Waals surface area (Å²) < 4.78 is 3.50. The van der Waals surface area contributed by atoms with Crippen LogP contribution in [0.15, 0.2) is 0 Å². The molecular weight excluding hydrogens is 155 g/mol. The summed E-state index contributed by atoms with van der Waals surface area (Å²) in [4.78, 5) is 20.0. The summed E-state index contributed by atoms with van der Waals surface area (Å²) in [6.07, 6.45) is 0. The molecule has 0 aliphatic rings. The van der Waals surface area contributed by atoms with Gasteiger partial charge in [-0.1, -0.05) is 0 Å². The first-order chi connectivity index (χ1) is 3.72. The molecule has 0 rings (SSSR count). The van der Waals surface area contributed by atoms with Crippen molar-refractivity contribution in [2.45, 2.75) is 0 Å². The number of ketones is 1. The second-order valence-electron chi connectivity index (χ2n) is 0.921. The van der Waals surface area contributed by atoms with Crippen LogP contribution < -0.4 is 0 Å². The van der Waals surface area contributed by atoms with Crippen LogP contribution >= 0.6 is 23.5 Å². The highest BCUT2D eigenvalue weighted by Gasteiger charge is 2.11. The van der Waals surface area contributed by atoms with E-state index in [4.69, 9.17) is 11.6 Å². The van der Waals surface area contributed by atoms with Gasteiger partial charge in [0, 0.05) is 0 Å². The molecule has 0 unspecified atom stereocenters. The fourth-order valence-electron chi connectivity index (χ4n) is 0.0976. The highest BCUT2D eigenvalue weighted by atomic mass is 35.5. The second-order valence-corrected chi connectivity index (χ2v) is 1.34. The van der Waals surface area contributed by atoms with Crippen molar-refractivity contribution in [2.24, 2.45) is 0 Å². The monoisotopic (exact) mass is 156 g/mol. The molecule has 0 spiro atoms. The van der Waals surface area contributed by atoms with Crippen LogP contribution in [0, 0.1) is 0 Å². The van der Waals surface area contributed by atoms with Crippen LogP contribution in [0.5, 0.6) is 0 Å². The molecule has 0 radical (unpaired) electrons. The van der Waals surface area contributed by atoms with Gasteiger partial charge in [-0.15, -0.1) is 11.6 Å². The summed E-state index contributed by atoms with van der Waals surface area (Å²) in [5.74, 6) is -2.37. The highest BCUT2D eigenvalue weighted by molar-refractivity contribution is 6.47. The largest absolute Gasteiger partial charge is 0.393 e. The summed E-state index contributed by atoms with van der Waals surface area (Å²) in [5, 5.41) is 0. The molecule has 0 heterocycles. The van der Waals surface area contributed by atoms with Gasteiger partial charge < -0.3 is 4.29 Å². The van der Waals surface area contributed by atoms with Gasteiger partial charge in [-0.05, 0) is 0 Å².